The zero-order valence-electron chi connectivity index (χ0n) is 11.8. The molecule has 1 fully saturated rings. The number of unbranched alkanes of at least 4 members (excludes halogenated alkanes) is 4. The molecule has 116 valence electrons. The summed E-state index contributed by atoms with van der Waals surface area (Å²) in [5, 5.41) is 18.8. The van der Waals surface area contributed by atoms with Gasteiger partial charge in [-0.15, -0.1) is 0 Å². The maximum absolute atomic E-state index is 11.5. The lowest BCUT2D eigenvalue weighted by molar-refractivity contribution is -0.327. The molecule has 0 aromatic rings. The van der Waals surface area contributed by atoms with Crippen molar-refractivity contribution in [1.29, 1.82) is 0 Å². The Kier molecular flexibility index (Phi) is 7.54. The summed E-state index contributed by atoms with van der Waals surface area (Å²) in [4.78, 5) is 23.0. The maximum atomic E-state index is 11.5. The minimum Gasteiger partial charge on any atom is -0.398 e. The van der Waals surface area contributed by atoms with Gasteiger partial charge < -0.3 is 19.7 Å². The predicted molar refractivity (Wildman–Crippen MR) is 70.4 cm³/mol. The van der Waals surface area contributed by atoms with Crippen LogP contribution in [-0.2, 0) is 19.1 Å². The number of hydrogen-bond donors (Lipinski definition) is 2. The van der Waals surface area contributed by atoms with Gasteiger partial charge in [-0.05, 0) is 25.7 Å². The van der Waals surface area contributed by atoms with Crippen molar-refractivity contribution in [1.82, 2.24) is 0 Å². The highest BCUT2D eigenvalue weighted by atomic mass is 16.8. The number of aliphatic hydroxyl groups excluding tert-OH is 1. The van der Waals surface area contributed by atoms with Crippen LogP contribution in [0.5, 0.6) is 0 Å². The van der Waals surface area contributed by atoms with Crippen molar-refractivity contribution in [3.05, 3.63) is 0 Å². The highest BCUT2D eigenvalue weighted by Gasteiger charge is 2.36. The van der Waals surface area contributed by atoms with E-state index < -0.39 is 17.9 Å². The molecule has 1 aliphatic rings. The molecular weight excluding hydrogens is 264 g/mol. The Balaban J connectivity index is 2.39. The standard InChI is InChI=1S/C14H24O6/c15-11-7-3-1-2-6-10-14(18)19-12(16)8-4-5-9-13(17)20-14/h15,18H,1-11H2. The Hall–Kier alpha value is -1.14. The molecule has 2 N–H and O–H groups in total. The molecule has 6 heteroatoms. The molecule has 0 amide bonds. The molecule has 1 heterocycles. The summed E-state index contributed by atoms with van der Waals surface area (Å²) in [6, 6.07) is 0. The van der Waals surface area contributed by atoms with E-state index in [9.17, 15) is 14.7 Å². The average molecular weight is 288 g/mol. The van der Waals surface area contributed by atoms with Gasteiger partial charge >= 0.3 is 17.9 Å². The van der Waals surface area contributed by atoms with Crippen LogP contribution < -0.4 is 0 Å². The molecule has 0 aromatic carbocycles. The van der Waals surface area contributed by atoms with Gasteiger partial charge in [-0.2, -0.15) is 0 Å². The second kappa shape index (κ2) is 8.92. The fourth-order valence-electron chi connectivity index (χ4n) is 2.11. The molecule has 1 saturated heterocycles. The van der Waals surface area contributed by atoms with Crippen LogP contribution in [0.1, 0.15) is 64.2 Å². The van der Waals surface area contributed by atoms with Crippen LogP contribution in [0.25, 0.3) is 0 Å². The molecule has 20 heavy (non-hydrogen) atoms. The van der Waals surface area contributed by atoms with Gasteiger partial charge in [0.2, 0.25) is 0 Å². The molecule has 0 unspecified atom stereocenters. The van der Waals surface area contributed by atoms with E-state index in [2.05, 4.69) is 0 Å². The number of carbonyl (C=O) groups is 2. The fourth-order valence-corrected chi connectivity index (χ4v) is 2.11. The molecule has 0 aliphatic carbocycles. The molecule has 0 spiro atoms. The fraction of sp³-hybridized carbons (Fsp3) is 0.857. The quantitative estimate of drug-likeness (QED) is 0.546. The van der Waals surface area contributed by atoms with Crippen molar-refractivity contribution in [3.63, 3.8) is 0 Å². The van der Waals surface area contributed by atoms with E-state index in [1.807, 2.05) is 0 Å². The molecular formula is C14H24O6. The Morgan fingerprint density at radius 2 is 1.40 bits per heavy atom. The number of hydrogen-bond acceptors (Lipinski definition) is 6. The number of esters is 2. The third-order valence-corrected chi connectivity index (χ3v) is 3.21. The van der Waals surface area contributed by atoms with Gasteiger partial charge in [-0.1, -0.05) is 19.3 Å². The normalized spacial score (nSPS) is 19.5. The van der Waals surface area contributed by atoms with Crippen LogP contribution >= 0.6 is 0 Å². The number of carbonyl (C=O) groups excluding carboxylic acids is 2. The van der Waals surface area contributed by atoms with Gasteiger partial charge in [0, 0.05) is 19.4 Å². The lowest BCUT2D eigenvalue weighted by atomic mass is 10.1. The maximum Gasteiger partial charge on any atom is 0.373 e. The van der Waals surface area contributed by atoms with Crippen LogP contribution in [-0.4, -0.2) is 34.7 Å². The van der Waals surface area contributed by atoms with Gasteiger partial charge in [-0.3, -0.25) is 9.59 Å². The lowest BCUT2D eigenvalue weighted by Gasteiger charge is -2.26. The zero-order valence-corrected chi connectivity index (χ0v) is 11.8. The van der Waals surface area contributed by atoms with Crippen LogP contribution in [0.15, 0.2) is 0 Å². The molecule has 6 nitrogen and oxygen atoms in total. The van der Waals surface area contributed by atoms with Crippen molar-refractivity contribution < 1.29 is 29.3 Å². The van der Waals surface area contributed by atoms with Crippen LogP contribution in [0.3, 0.4) is 0 Å². The Bertz CT molecular complexity index is 295. The van der Waals surface area contributed by atoms with Crippen molar-refractivity contribution >= 4 is 11.9 Å². The summed E-state index contributed by atoms with van der Waals surface area (Å²) in [6.07, 6.45) is 5.58. The predicted octanol–water partition coefficient (Wildman–Crippen LogP) is 1.63. The number of rotatable bonds is 7. The van der Waals surface area contributed by atoms with Crippen LogP contribution in [0, 0.1) is 0 Å². The Morgan fingerprint density at radius 1 is 0.900 bits per heavy atom. The Labute approximate surface area is 119 Å². The molecule has 1 aliphatic heterocycles. The first-order valence-electron chi connectivity index (χ1n) is 7.33. The molecule has 0 atom stereocenters. The summed E-state index contributed by atoms with van der Waals surface area (Å²) < 4.78 is 9.78. The molecule has 0 saturated carbocycles. The first-order chi connectivity index (χ1) is 9.56. The second-order valence-electron chi connectivity index (χ2n) is 5.11. The summed E-state index contributed by atoms with van der Waals surface area (Å²) >= 11 is 0. The third-order valence-electron chi connectivity index (χ3n) is 3.21. The van der Waals surface area contributed by atoms with E-state index in [0.717, 1.165) is 25.7 Å². The Morgan fingerprint density at radius 3 is 1.95 bits per heavy atom. The monoisotopic (exact) mass is 288 g/mol. The van der Waals surface area contributed by atoms with E-state index in [1.165, 1.54) is 0 Å². The smallest absolute Gasteiger partial charge is 0.373 e. The summed E-state index contributed by atoms with van der Waals surface area (Å²) in [5.74, 6) is -3.19. The first kappa shape index (κ1) is 16.9. The second-order valence-corrected chi connectivity index (χ2v) is 5.11. The molecule has 1 rings (SSSR count). The number of cyclic esters (lactones) is 2. The third kappa shape index (κ3) is 6.86. The van der Waals surface area contributed by atoms with Crippen LogP contribution in [0.2, 0.25) is 0 Å². The van der Waals surface area contributed by atoms with Gasteiger partial charge in [0.15, 0.2) is 0 Å². The summed E-state index contributed by atoms with van der Waals surface area (Å²) in [6.45, 7) is 0.180. The van der Waals surface area contributed by atoms with Crippen molar-refractivity contribution in [2.75, 3.05) is 6.61 Å². The number of aliphatic hydroxyl groups is 2. The summed E-state index contributed by atoms with van der Waals surface area (Å²) in [5.41, 5.74) is 0. The van der Waals surface area contributed by atoms with E-state index in [4.69, 9.17) is 14.6 Å². The van der Waals surface area contributed by atoms with Crippen LogP contribution in [0.4, 0.5) is 0 Å². The van der Waals surface area contributed by atoms with Gasteiger partial charge in [0.05, 0.1) is 6.42 Å². The van der Waals surface area contributed by atoms with E-state index >= 15 is 0 Å². The van der Waals surface area contributed by atoms with E-state index in [1.54, 1.807) is 0 Å². The topological polar surface area (TPSA) is 93.1 Å². The van der Waals surface area contributed by atoms with Gasteiger partial charge in [-0.25, -0.2) is 0 Å². The first-order valence-corrected chi connectivity index (χ1v) is 7.33. The largest absolute Gasteiger partial charge is 0.398 e. The van der Waals surface area contributed by atoms with Crippen molar-refractivity contribution in [2.24, 2.45) is 0 Å². The lowest BCUT2D eigenvalue weighted by Crippen LogP contribution is -2.39. The highest BCUT2D eigenvalue weighted by molar-refractivity contribution is 5.72. The molecule has 0 aromatic heterocycles. The average Bonchev–Trinajstić information content (AvgIpc) is 2.43. The van der Waals surface area contributed by atoms with Gasteiger partial charge in [0.25, 0.3) is 0 Å². The highest BCUT2D eigenvalue weighted by Crippen LogP contribution is 2.23. The van der Waals surface area contributed by atoms with Crippen molar-refractivity contribution in [2.45, 2.75) is 70.2 Å². The SMILES string of the molecule is O=C1CCCCC(=O)OC(O)(CCCCCCCO)O1. The van der Waals surface area contributed by atoms with E-state index in [-0.39, 0.29) is 25.9 Å². The zero-order chi connectivity index (χ0) is 14.8. The minimum absolute atomic E-state index is 0.0869. The summed E-state index contributed by atoms with van der Waals surface area (Å²) in [7, 11) is 0. The molecule has 0 radical (unpaired) electrons. The number of ether oxygens (including phenoxy) is 2. The van der Waals surface area contributed by atoms with Crippen molar-refractivity contribution in [3.8, 4) is 0 Å². The minimum atomic E-state index is -2.12. The van der Waals surface area contributed by atoms with Gasteiger partial charge in [0.1, 0.15) is 0 Å². The molecule has 0 bridgehead atoms. The van der Waals surface area contributed by atoms with E-state index in [0.29, 0.717) is 19.3 Å².